The Morgan fingerprint density at radius 3 is 2.74 bits per heavy atom. The third kappa shape index (κ3) is 6.57. The molecule has 2 heterocycles. The van der Waals surface area contributed by atoms with Gasteiger partial charge in [0, 0.05) is 12.1 Å². The molecule has 0 saturated carbocycles. The first-order chi connectivity index (χ1) is 14.9. The quantitative estimate of drug-likeness (QED) is 0.490. The van der Waals surface area contributed by atoms with Crippen molar-refractivity contribution < 1.29 is 13.2 Å². The molecule has 1 amide bonds. The van der Waals surface area contributed by atoms with E-state index >= 15 is 0 Å². The predicted octanol–water partition coefficient (Wildman–Crippen LogP) is 4.61. The van der Waals surface area contributed by atoms with Gasteiger partial charge in [-0.05, 0) is 32.3 Å². The normalized spacial score (nSPS) is 17.2. The first-order valence-corrected chi connectivity index (χ1v) is 13.5. The molecular formula is C22H32N4O3S2. The van der Waals surface area contributed by atoms with Crippen molar-refractivity contribution in [3.8, 4) is 10.6 Å². The van der Waals surface area contributed by atoms with E-state index in [4.69, 9.17) is 0 Å². The first kappa shape index (κ1) is 23.8. The minimum Gasteiger partial charge on any atom is -0.299 e. The lowest BCUT2D eigenvalue weighted by atomic mass is 10.1. The number of carbonyl (C=O) groups is 1. The number of hydrogen-bond donors (Lipinski definition) is 1. The average Bonchev–Trinajstić information content (AvgIpc) is 3.41. The summed E-state index contributed by atoms with van der Waals surface area (Å²) in [5, 5.41) is 12.1. The predicted molar refractivity (Wildman–Crippen MR) is 126 cm³/mol. The molecule has 1 aliphatic rings. The average molecular weight is 465 g/mol. The van der Waals surface area contributed by atoms with Gasteiger partial charge in [0.05, 0.1) is 5.75 Å². The number of unbranched alkanes of at least 4 members (excludes halogenated alkanes) is 5. The van der Waals surface area contributed by atoms with Crippen molar-refractivity contribution in [2.24, 2.45) is 0 Å². The van der Waals surface area contributed by atoms with Gasteiger partial charge in [0.25, 0.3) is 0 Å². The maximum absolute atomic E-state index is 12.8. The molecule has 1 aliphatic heterocycles. The zero-order valence-electron chi connectivity index (χ0n) is 18.3. The van der Waals surface area contributed by atoms with Gasteiger partial charge >= 0.3 is 0 Å². The van der Waals surface area contributed by atoms with Gasteiger partial charge in [0.2, 0.25) is 21.1 Å². The molecule has 9 heteroatoms. The van der Waals surface area contributed by atoms with Gasteiger partial charge in [0.1, 0.15) is 11.0 Å². The summed E-state index contributed by atoms with van der Waals surface area (Å²) in [7, 11) is -3.44. The molecule has 0 spiro atoms. The number of nitrogens with zero attached hydrogens (tertiary/aromatic N) is 3. The van der Waals surface area contributed by atoms with Crippen LogP contribution in [0.4, 0.5) is 5.13 Å². The van der Waals surface area contributed by atoms with Crippen LogP contribution in [0.3, 0.4) is 0 Å². The minimum absolute atomic E-state index is 0.110. The second kappa shape index (κ2) is 11.2. The Bertz CT molecular complexity index is 975. The van der Waals surface area contributed by atoms with E-state index in [1.807, 2.05) is 31.2 Å². The van der Waals surface area contributed by atoms with Crippen LogP contribution in [-0.2, 0) is 14.8 Å². The molecule has 1 aromatic heterocycles. The van der Waals surface area contributed by atoms with E-state index in [1.54, 1.807) is 0 Å². The number of anilines is 1. The van der Waals surface area contributed by atoms with Gasteiger partial charge in [-0.1, -0.05) is 74.1 Å². The highest BCUT2D eigenvalue weighted by Crippen LogP contribution is 2.28. The minimum atomic E-state index is -3.44. The molecule has 1 unspecified atom stereocenters. The number of aromatic nitrogens is 2. The number of carbonyl (C=O) groups excluding carboxylic acids is 1. The Balaban J connectivity index is 1.57. The van der Waals surface area contributed by atoms with Crippen LogP contribution in [0.25, 0.3) is 10.6 Å². The fraction of sp³-hybridized carbons (Fsp3) is 0.591. The summed E-state index contributed by atoms with van der Waals surface area (Å²) >= 11 is 1.29. The zero-order chi connectivity index (χ0) is 22.3. The van der Waals surface area contributed by atoms with Crippen LogP contribution in [0, 0.1) is 6.92 Å². The van der Waals surface area contributed by atoms with Gasteiger partial charge in [0.15, 0.2) is 0 Å². The van der Waals surface area contributed by atoms with Gasteiger partial charge < -0.3 is 0 Å². The molecule has 2 aromatic rings. The monoisotopic (exact) mass is 464 g/mol. The van der Waals surface area contributed by atoms with Crippen molar-refractivity contribution in [1.82, 2.24) is 14.5 Å². The summed E-state index contributed by atoms with van der Waals surface area (Å²) < 4.78 is 27.0. The van der Waals surface area contributed by atoms with Crippen LogP contribution in [0.2, 0.25) is 0 Å². The number of nitrogens with one attached hydrogen (secondary N) is 1. The Labute approximate surface area is 189 Å². The van der Waals surface area contributed by atoms with Crippen LogP contribution in [0.15, 0.2) is 24.3 Å². The molecule has 0 radical (unpaired) electrons. The standard InChI is InChI=1S/C22H32N4O3S2/c1-3-4-5-6-7-8-15-31(28,29)26-14-10-13-19(26)20(27)23-22-25-24-21(30-22)18-12-9-11-17(2)16-18/h9,11-12,16,19H,3-8,10,13-15H2,1-2H3,(H,23,25,27). The highest BCUT2D eigenvalue weighted by molar-refractivity contribution is 7.89. The highest BCUT2D eigenvalue weighted by atomic mass is 32.2. The fourth-order valence-corrected chi connectivity index (χ4v) is 6.42. The molecule has 1 atom stereocenters. The zero-order valence-corrected chi connectivity index (χ0v) is 20.0. The Kier molecular flexibility index (Phi) is 8.57. The second-order valence-electron chi connectivity index (χ2n) is 8.12. The first-order valence-electron chi connectivity index (χ1n) is 11.1. The lowest BCUT2D eigenvalue weighted by molar-refractivity contribution is -0.119. The lowest BCUT2D eigenvalue weighted by Gasteiger charge is -2.22. The van der Waals surface area contributed by atoms with Crippen molar-refractivity contribution in [3.05, 3.63) is 29.8 Å². The molecule has 1 aromatic carbocycles. The maximum atomic E-state index is 12.8. The van der Waals surface area contributed by atoms with Crippen molar-refractivity contribution in [2.75, 3.05) is 17.6 Å². The van der Waals surface area contributed by atoms with Gasteiger partial charge in [-0.15, -0.1) is 10.2 Å². The summed E-state index contributed by atoms with van der Waals surface area (Å²) in [6.45, 7) is 4.57. The molecule has 1 fully saturated rings. The molecule has 31 heavy (non-hydrogen) atoms. The number of hydrogen-bond acceptors (Lipinski definition) is 6. The van der Waals surface area contributed by atoms with E-state index in [9.17, 15) is 13.2 Å². The molecule has 3 rings (SSSR count). The summed E-state index contributed by atoms with van der Waals surface area (Å²) in [5.41, 5.74) is 2.07. The SMILES string of the molecule is CCCCCCCCS(=O)(=O)N1CCCC1C(=O)Nc1nnc(-c2cccc(C)c2)s1. The Morgan fingerprint density at radius 2 is 1.97 bits per heavy atom. The van der Waals surface area contributed by atoms with E-state index in [2.05, 4.69) is 22.4 Å². The van der Waals surface area contributed by atoms with Crippen molar-refractivity contribution in [3.63, 3.8) is 0 Å². The number of aryl methyl sites for hydroxylation is 1. The molecule has 170 valence electrons. The van der Waals surface area contributed by atoms with E-state index < -0.39 is 16.1 Å². The number of amides is 1. The van der Waals surface area contributed by atoms with Crippen molar-refractivity contribution in [2.45, 2.75) is 71.3 Å². The maximum Gasteiger partial charge on any atom is 0.244 e. The number of benzene rings is 1. The van der Waals surface area contributed by atoms with E-state index in [-0.39, 0.29) is 11.7 Å². The summed E-state index contributed by atoms with van der Waals surface area (Å²) in [5.74, 6) is -0.213. The summed E-state index contributed by atoms with van der Waals surface area (Å²) in [4.78, 5) is 12.8. The second-order valence-corrected chi connectivity index (χ2v) is 11.1. The van der Waals surface area contributed by atoms with E-state index in [0.29, 0.717) is 30.9 Å². The van der Waals surface area contributed by atoms with Crippen molar-refractivity contribution >= 4 is 32.4 Å². The number of rotatable bonds is 11. The van der Waals surface area contributed by atoms with E-state index in [0.717, 1.165) is 35.4 Å². The molecule has 0 bridgehead atoms. The van der Waals surface area contributed by atoms with Crippen LogP contribution in [0.1, 0.15) is 63.9 Å². The Hall–Kier alpha value is -1.84. The Morgan fingerprint density at radius 1 is 1.19 bits per heavy atom. The van der Waals surface area contributed by atoms with E-state index in [1.165, 1.54) is 28.5 Å². The highest BCUT2D eigenvalue weighted by Gasteiger charge is 2.38. The lowest BCUT2D eigenvalue weighted by Crippen LogP contribution is -2.44. The molecule has 1 saturated heterocycles. The topological polar surface area (TPSA) is 92.3 Å². The third-order valence-corrected chi connectivity index (χ3v) is 8.38. The molecule has 7 nitrogen and oxygen atoms in total. The summed E-state index contributed by atoms with van der Waals surface area (Å²) in [6.07, 6.45) is 7.36. The van der Waals surface area contributed by atoms with Gasteiger partial charge in [-0.25, -0.2) is 8.42 Å². The van der Waals surface area contributed by atoms with Gasteiger partial charge in [-0.3, -0.25) is 10.1 Å². The van der Waals surface area contributed by atoms with Crippen LogP contribution < -0.4 is 5.32 Å². The fourth-order valence-electron chi connectivity index (χ4n) is 3.87. The summed E-state index contributed by atoms with van der Waals surface area (Å²) in [6, 6.07) is 7.26. The molecule has 0 aliphatic carbocycles. The number of sulfonamides is 1. The van der Waals surface area contributed by atoms with Crippen LogP contribution in [-0.4, -0.2) is 47.2 Å². The van der Waals surface area contributed by atoms with Crippen LogP contribution in [0.5, 0.6) is 0 Å². The van der Waals surface area contributed by atoms with Crippen LogP contribution >= 0.6 is 11.3 Å². The smallest absolute Gasteiger partial charge is 0.244 e. The molecular weight excluding hydrogens is 432 g/mol. The largest absolute Gasteiger partial charge is 0.299 e. The third-order valence-electron chi connectivity index (χ3n) is 5.54. The molecule has 1 N–H and O–H groups in total. The van der Waals surface area contributed by atoms with Crippen molar-refractivity contribution in [1.29, 1.82) is 0 Å². The van der Waals surface area contributed by atoms with Gasteiger partial charge in [-0.2, -0.15) is 4.31 Å².